The lowest BCUT2D eigenvalue weighted by Crippen LogP contribution is -2.37. The highest BCUT2D eigenvalue weighted by atomic mass is 32.1. The van der Waals surface area contributed by atoms with E-state index in [4.69, 9.17) is 5.73 Å². The van der Waals surface area contributed by atoms with Crippen molar-refractivity contribution in [3.63, 3.8) is 0 Å². The average Bonchev–Trinajstić information content (AvgIpc) is 2.96. The predicted molar refractivity (Wildman–Crippen MR) is 88.1 cm³/mol. The Morgan fingerprint density at radius 1 is 1.48 bits per heavy atom. The summed E-state index contributed by atoms with van der Waals surface area (Å²) >= 11 is 1.54. The first-order chi connectivity index (χ1) is 10.0. The number of nitrogens with zero attached hydrogens (tertiary/aromatic N) is 2. The fourth-order valence-electron chi connectivity index (χ4n) is 2.93. The van der Waals surface area contributed by atoms with Crippen LogP contribution in [0.2, 0.25) is 0 Å². The molecule has 0 radical (unpaired) electrons. The summed E-state index contributed by atoms with van der Waals surface area (Å²) in [6, 6.07) is 2.87. The first kappa shape index (κ1) is 14.7. The van der Waals surface area contributed by atoms with Crippen LogP contribution in [0.5, 0.6) is 0 Å². The van der Waals surface area contributed by atoms with E-state index in [1.54, 1.807) is 0 Å². The average molecular weight is 308 g/mol. The van der Waals surface area contributed by atoms with E-state index in [0.717, 1.165) is 30.9 Å². The number of hydrogen-bond acceptors (Lipinski definition) is 5. The van der Waals surface area contributed by atoms with E-state index in [1.807, 2.05) is 6.07 Å². The summed E-state index contributed by atoms with van der Waals surface area (Å²) in [6.07, 6.45) is 4.61. The van der Waals surface area contributed by atoms with Gasteiger partial charge >= 0.3 is 0 Å². The summed E-state index contributed by atoms with van der Waals surface area (Å²) < 4.78 is 0. The van der Waals surface area contributed by atoms with Crippen LogP contribution in [0.25, 0.3) is 0 Å². The molecule has 1 atom stereocenters. The van der Waals surface area contributed by atoms with Crippen LogP contribution in [0, 0.1) is 0 Å². The summed E-state index contributed by atoms with van der Waals surface area (Å²) in [5, 5.41) is 4.16. The molecule has 2 heterocycles. The Kier molecular flexibility index (Phi) is 4.08. The number of nitrogens with two attached hydrogens (primary N) is 1. The largest absolute Gasteiger partial charge is 0.397 e. The number of likely N-dealkylation sites (N-methyl/N-ethyl adjacent to an activating group) is 1. The molecular formula is C15H24N4OS. The van der Waals surface area contributed by atoms with E-state index < -0.39 is 0 Å². The third-order valence-electron chi connectivity index (χ3n) is 4.10. The highest BCUT2D eigenvalue weighted by molar-refractivity contribution is 7.18. The topological polar surface area (TPSA) is 61.6 Å². The van der Waals surface area contributed by atoms with Gasteiger partial charge < -0.3 is 20.9 Å². The normalized spacial score (nSPS) is 22.0. The van der Waals surface area contributed by atoms with Crippen LogP contribution in [-0.2, 0) is 0 Å². The molecule has 21 heavy (non-hydrogen) atoms. The SMILES string of the molecule is CN(C)CC1CCCN1c1cc(N)c(C(=O)NC2CC2)s1. The molecule has 1 saturated carbocycles. The molecule has 1 unspecified atom stereocenters. The predicted octanol–water partition coefficient (Wildman–Crippen LogP) is 1.75. The van der Waals surface area contributed by atoms with Crippen LogP contribution in [-0.4, -0.2) is 50.1 Å². The lowest BCUT2D eigenvalue weighted by molar-refractivity contribution is 0.0956. The number of thiophene rings is 1. The van der Waals surface area contributed by atoms with Crippen molar-refractivity contribution in [3.8, 4) is 0 Å². The van der Waals surface area contributed by atoms with Gasteiger partial charge in [0.1, 0.15) is 4.88 Å². The second-order valence-electron chi connectivity index (χ2n) is 6.37. The van der Waals surface area contributed by atoms with Crippen molar-refractivity contribution in [2.45, 2.75) is 37.8 Å². The van der Waals surface area contributed by atoms with Gasteiger partial charge in [0.05, 0.1) is 10.7 Å². The first-order valence-electron chi connectivity index (χ1n) is 7.66. The quantitative estimate of drug-likeness (QED) is 0.870. The molecule has 1 aromatic rings. The van der Waals surface area contributed by atoms with Crippen LogP contribution in [0.4, 0.5) is 10.7 Å². The smallest absolute Gasteiger partial charge is 0.263 e. The van der Waals surface area contributed by atoms with Gasteiger partial charge in [0.2, 0.25) is 0 Å². The number of carbonyl (C=O) groups excluding carboxylic acids is 1. The maximum Gasteiger partial charge on any atom is 0.263 e. The Labute approximate surface area is 130 Å². The van der Waals surface area contributed by atoms with Gasteiger partial charge in [0.15, 0.2) is 0 Å². The zero-order valence-corrected chi connectivity index (χ0v) is 13.6. The van der Waals surface area contributed by atoms with Crippen LogP contribution in [0.1, 0.15) is 35.4 Å². The fraction of sp³-hybridized carbons (Fsp3) is 0.667. The number of hydrogen-bond donors (Lipinski definition) is 2. The van der Waals surface area contributed by atoms with Crippen LogP contribution < -0.4 is 16.0 Å². The highest BCUT2D eigenvalue weighted by Crippen LogP contribution is 2.36. The highest BCUT2D eigenvalue weighted by Gasteiger charge is 2.29. The van der Waals surface area contributed by atoms with E-state index in [2.05, 4.69) is 29.2 Å². The minimum Gasteiger partial charge on any atom is -0.397 e. The Morgan fingerprint density at radius 3 is 2.90 bits per heavy atom. The van der Waals surface area contributed by atoms with Crippen molar-refractivity contribution in [1.29, 1.82) is 0 Å². The minimum atomic E-state index is -0.00499. The molecule has 1 aliphatic carbocycles. The summed E-state index contributed by atoms with van der Waals surface area (Å²) in [5.74, 6) is -0.00499. The van der Waals surface area contributed by atoms with Gasteiger partial charge in [-0.2, -0.15) is 0 Å². The zero-order valence-electron chi connectivity index (χ0n) is 12.8. The van der Waals surface area contributed by atoms with E-state index >= 15 is 0 Å². The molecule has 0 aromatic carbocycles. The molecule has 2 aliphatic rings. The molecule has 1 aromatic heterocycles. The number of anilines is 2. The van der Waals surface area contributed by atoms with Gasteiger partial charge in [0.25, 0.3) is 5.91 Å². The maximum absolute atomic E-state index is 12.2. The number of nitrogen functional groups attached to an aromatic ring is 1. The second-order valence-corrected chi connectivity index (χ2v) is 7.40. The summed E-state index contributed by atoms with van der Waals surface area (Å²) in [7, 11) is 4.21. The second kappa shape index (κ2) is 5.85. The van der Waals surface area contributed by atoms with E-state index in [-0.39, 0.29) is 5.91 Å². The molecule has 3 rings (SSSR count). The molecule has 0 spiro atoms. The van der Waals surface area contributed by atoms with Gasteiger partial charge in [-0.3, -0.25) is 4.79 Å². The molecular weight excluding hydrogens is 284 g/mol. The summed E-state index contributed by atoms with van der Waals surface area (Å²) in [5.41, 5.74) is 6.68. The van der Waals surface area contributed by atoms with Crippen LogP contribution in [0.3, 0.4) is 0 Å². The van der Waals surface area contributed by atoms with Crippen molar-refractivity contribution >= 4 is 27.9 Å². The van der Waals surface area contributed by atoms with Crippen molar-refractivity contribution < 1.29 is 4.79 Å². The zero-order chi connectivity index (χ0) is 15.0. The molecule has 2 fully saturated rings. The molecule has 1 saturated heterocycles. The third-order valence-corrected chi connectivity index (χ3v) is 5.29. The maximum atomic E-state index is 12.2. The molecule has 5 nitrogen and oxygen atoms in total. The van der Waals surface area contributed by atoms with E-state index in [9.17, 15) is 4.79 Å². The number of amides is 1. The molecule has 1 amide bonds. The van der Waals surface area contributed by atoms with Crippen molar-refractivity contribution in [2.24, 2.45) is 0 Å². The van der Waals surface area contributed by atoms with Crippen LogP contribution >= 0.6 is 11.3 Å². The first-order valence-corrected chi connectivity index (χ1v) is 8.48. The van der Waals surface area contributed by atoms with E-state index in [0.29, 0.717) is 22.6 Å². The van der Waals surface area contributed by atoms with Crippen LogP contribution in [0.15, 0.2) is 6.07 Å². The standard InChI is InChI=1S/C15H24N4OS/c1-18(2)9-11-4-3-7-19(11)13-8-12(16)14(21-13)15(20)17-10-5-6-10/h8,10-11H,3-7,9,16H2,1-2H3,(H,17,20). The van der Waals surface area contributed by atoms with Gasteiger partial charge in [-0.15, -0.1) is 11.3 Å². The number of nitrogens with one attached hydrogen (secondary N) is 1. The van der Waals surface area contributed by atoms with Gasteiger partial charge in [-0.05, 0) is 45.8 Å². The summed E-state index contributed by atoms with van der Waals surface area (Å²) in [4.78, 5) is 17.5. The number of rotatable bonds is 5. The molecule has 0 bridgehead atoms. The van der Waals surface area contributed by atoms with Crippen molar-refractivity contribution in [2.75, 3.05) is 37.8 Å². The Balaban J connectivity index is 1.74. The fourth-order valence-corrected chi connectivity index (χ4v) is 4.01. The molecule has 116 valence electrons. The van der Waals surface area contributed by atoms with Crippen molar-refractivity contribution in [3.05, 3.63) is 10.9 Å². The minimum absolute atomic E-state index is 0.00499. The Hall–Kier alpha value is -1.27. The molecule has 3 N–H and O–H groups in total. The van der Waals surface area contributed by atoms with Gasteiger partial charge in [-0.25, -0.2) is 0 Å². The number of carbonyl (C=O) groups is 1. The van der Waals surface area contributed by atoms with E-state index in [1.165, 1.54) is 24.2 Å². The van der Waals surface area contributed by atoms with Gasteiger partial charge in [-0.1, -0.05) is 0 Å². The lowest BCUT2D eigenvalue weighted by atomic mass is 10.2. The monoisotopic (exact) mass is 308 g/mol. The Bertz CT molecular complexity index is 524. The van der Waals surface area contributed by atoms with Crippen molar-refractivity contribution in [1.82, 2.24) is 10.2 Å². The third kappa shape index (κ3) is 3.32. The summed E-state index contributed by atoms with van der Waals surface area (Å²) in [6.45, 7) is 2.10. The molecule has 6 heteroatoms. The Morgan fingerprint density at radius 2 is 2.24 bits per heavy atom. The van der Waals surface area contributed by atoms with Gasteiger partial charge in [0, 0.05) is 25.2 Å². The lowest BCUT2D eigenvalue weighted by Gasteiger charge is -2.27. The molecule has 1 aliphatic heterocycles.